The molecule has 34 heavy (non-hydrogen) atoms. The number of ether oxygens (including phenoxy) is 4. The number of ketones is 1. The first-order valence-corrected chi connectivity index (χ1v) is 10.9. The summed E-state index contributed by atoms with van der Waals surface area (Å²) in [6.45, 7) is -0.0768. The SMILES string of the molecule is O=C(COc1ccc(C(=O)c2ccc(Cl)cc2)cc1)NCC(O)COc1ccc2c(c1)OCO2. The molecular formula is C25H22ClNO7. The van der Waals surface area contributed by atoms with E-state index in [9.17, 15) is 14.7 Å². The summed E-state index contributed by atoms with van der Waals surface area (Å²) in [5, 5.41) is 13.2. The van der Waals surface area contributed by atoms with Gasteiger partial charge in [-0.3, -0.25) is 9.59 Å². The van der Waals surface area contributed by atoms with Gasteiger partial charge in [0.05, 0.1) is 0 Å². The van der Waals surface area contributed by atoms with Gasteiger partial charge in [-0.05, 0) is 60.7 Å². The van der Waals surface area contributed by atoms with E-state index in [2.05, 4.69) is 5.32 Å². The molecule has 4 rings (SSSR count). The van der Waals surface area contributed by atoms with Crippen molar-refractivity contribution in [1.29, 1.82) is 0 Å². The van der Waals surface area contributed by atoms with Crippen LogP contribution in [0.15, 0.2) is 66.7 Å². The Balaban J connectivity index is 1.17. The molecule has 0 aromatic heterocycles. The van der Waals surface area contributed by atoms with Crippen LogP contribution >= 0.6 is 11.6 Å². The van der Waals surface area contributed by atoms with Gasteiger partial charge in [-0.1, -0.05) is 11.6 Å². The van der Waals surface area contributed by atoms with Crippen molar-refractivity contribution >= 4 is 23.3 Å². The highest BCUT2D eigenvalue weighted by atomic mass is 35.5. The molecule has 9 heteroatoms. The molecule has 1 atom stereocenters. The van der Waals surface area contributed by atoms with Crippen LogP contribution in [0.5, 0.6) is 23.0 Å². The minimum absolute atomic E-state index is 0.00127. The molecule has 0 spiro atoms. The Bertz CT molecular complexity index is 1150. The molecule has 1 aliphatic heterocycles. The van der Waals surface area contributed by atoms with Gasteiger partial charge in [0.1, 0.15) is 24.2 Å². The van der Waals surface area contributed by atoms with Crippen LogP contribution in [0.4, 0.5) is 0 Å². The quantitative estimate of drug-likeness (QED) is 0.427. The van der Waals surface area contributed by atoms with Gasteiger partial charge in [0.15, 0.2) is 23.9 Å². The van der Waals surface area contributed by atoms with Crippen molar-refractivity contribution in [3.8, 4) is 23.0 Å². The highest BCUT2D eigenvalue weighted by molar-refractivity contribution is 6.30. The van der Waals surface area contributed by atoms with Crippen LogP contribution in [0, 0.1) is 0 Å². The summed E-state index contributed by atoms with van der Waals surface area (Å²) >= 11 is 5.85. The third-order valence-corrected chi connectivity index (χ3v) is 5.17. The van der Waals surface area contributed by atoms with Crippen LogP contribution in [0.1, 0.15) is 15.9 Å². The maximum atomic E-state index is 12.5. The van der Waals surface area contributed by atoms with Crippen LogP contribution < -0.4 is 24.3 Å². The van der Waals surface area contributed by atoms with Crippen molar-refractivity contribution in [1.82, 2.24) is 5.32 Å². The molecule has 1 amide bonds. The predicted octanol–water partition coefficient (Wildman–Crippen LogP) is 3.23. The van der Waals surface area contributed by atoms with Crippen molar-refractivity contribution in [2.75, 3.05) is 26.6 Å². The Morgan fingerprint density at radius 1 is 0.912 bits per heavy atom. The van der Waals surface area contributed by atoms with E-state index in [0.717, 1.165) is 0 Å². The second kappa shape index (κ2) is 10.9. The maximum Gasteiger partial charge on any atom is 0.258 e. The van der Waals surface area contributed by atoms with Crippen molar-refractivity contribution < 1.29 is 33.6 Å². The summed E-state index contributed by atoms with van der Waals surface area (Å²) in [5.41, 5.74) is 1.02. The average molecular weight is 484 g/mol. The maximum absolute atomic E-state index is 12.5. The number of aliphatic hydroxyl groups is 1. The lowest BCUT2D eigenvalue weighted by atomic mass is 10.0. The average Bonchev–Trinajstić information content (AvgIpc) is 3.33. The monoisotopic (exact) mass is 483 g/mol. The molecule has 1 aliphatic rings. The summed E-state index contributed by atoms with van der Waals surface area (Å²) in [6, 6.07) is 18.2. The first-order chi connectivity index (χ1) is 16.5. The van der Waals surface area contributed by atoms with Gasteiger partial charge >= 0.3 is 0 Å². The second-order valence-electron chi connectivity index (χ2n) is 7.43. The minimum atomic E-state index is -0.910. The van der Waals surface area contributed by atoms with E-state index < -0.39 is 12.0 Å². The molecular weight excluding hydrogens is 462 g/mol. The number of benzene rings is 3. The van der Waals surface area contributed by atoms with Crippen molar-refractivity contribution in [3.05, 3.63) is 82.9 Å². The molecule has 0 saturated heterocycles. The third-order valence-electron chi connectivity index (χ3n) is 4.91. The molecule has 176 valence electrons. The van der Waals surface area contributed by atoms with Crippen LogP contribution in [0.25, 0.3) is 0 Å². The first-order valence-electron chi connectivity index (χ1n) is 10.5. The lowest BCUT2D eigenvalue weighted by molar-refractivity contribution is -0.123. The van der Waals surface area contributed by atoms with Crippen LogP contribution in [0.2, 0.25) is 5.02 Å². The molecule has 3 aromatic carbocycles. The Morgan fingerprint density at radius 3 is 2.29 bits per heavy atom. The summed E-state index contributed by atoms with van der Waals surface area (Å²) in [5.74, 6) is 1.65. The summed E-state index contributed by atoms with van der Waals surface area (Å²) < 4.78 is 21.5. The standard InChI is InChI=1S/C25H22ClNO7/c26-18-5-1-16(2-6-18)25(30)17-3-7-20(8-4-17)32-14-24(29)27-12-19(28)13-31-21-9-10-22-23(11-21)34-15-33-22/h1-11,19,28H,12-15H2,(H,27,29). The van der Waals surface area contributed by atoms with E-state index in [1.165, 1.54) is 0 Å². The summed E-state index contributed by atoms with van der Waals surface area (Å²) in [6.07, 6.45) is -0.910. The number of carbonyl (C=O) groups excluding carboxylic acids is 2. The molecule has 0 saturated carbocycles. The molecule has 1 heterocycles. The van der Waals surface area contributed by atoms with Gasteiger partial charge in [0.25, 0.3) is 5.91 Å². The molecule has 2 N–H and O–H groups in total. The number of halogens is 1. The highest BCUT2D eigenvalue weighted by Gasteiger charge is 2.15. The number of amides is 1. The Kier molecular flexibility index (Phi) is 7.51. The van der Waals surface area contributed by atoms with Gasteiger partial charge in [-0.2, -0.15) is 0 Å². The van der Waals surface area contributed by atoms with Crippen LogP contribution in [-0.2, 0) is 4.79 Å². The molecule has 0 bridgehead atoms. The normalized spacial score (nSPS) is 12.6. The zero-order chi connectivity index (χ0) is 23.9. The smallest absolute Gasteiger partial charge is 0.258 e. The number of hydrogen-bond acceptors (Lipinski definition) is 7. The topological polar surface area (TPSA) is 103 Å². The van der Waals surface area contributed by atoms with Crippen molar-refractivity contribution in [2.45, 2.75) is 6.10 Å². The molecule has 1 unspecified atom stereocenters. The number of carbonyl (C=O) groups is 2. The zero-order valence-electron chi connectivity index (χ0n) is 18.0. The number of hydrogen-bond donors (Lipinski definition) is 2. The number of nitrogens with one attached hydrogen (secondary N) is 1. The fourth-order valence-electron chi connectivity index (χ4n) is 3.12. The fraction of sp³-hybridized carbons (Fsp3) is 0.200. The molecule has 0 radical (unpaired) electrons. The van der Waals surface area contributed by atoms with Crippen LogP contribution in [-0.4, -0.2) is 49.5 Å². The van der Waals surface area contributed by atoms with Crippen molar-refractivity contribution in [3.63, 3.8) is 0 Å². The summed E-state index contributed by atoms with van der Waals surface area (Å²) in [4.78, 5) is 24.5. The molecule has 0 aliphatic carbocycles. The van der Waals surface area contributed by atoms with E-state index in [-0.39, 0.29) is 32.3 Å². The largest absolute Gasteiger partial charge is 0.491 e. The first kappa shape index (κ1) is 23.4. The lowest BCUT2D eigenvalue weighted by Crippen LogP contribution is -2.37. The van der Waals surface area contributed by atoms with Gasteiger partial charge in [0.2, 0.25) is 6.79 Å². The second-order valence-corrected chi connectivity index (χ2v) is 7.87. The Morgan fingerprint density at radius 2 is 1.56 bits per heavy atom. The van der Waals surface area contributed by atoms with Gasteiger partial charge < -0.3 is 29.4 Å². The van der Waals surface area contributed by atoms with E-state index in [1.807, 2.05) is 0 Å². The van der Waals surface area contributed by atoms with Gasteiger partial charge in [-0.15, -0.1) is 0 Å². The molecule has 0 fully saturated rings. The van der Waals surface area contributed by atoms with E-state index >= 15 is 0 Å². The highest BCUT2D eigenvalue weighted by Crippen LogP contribution is 2.35. The fourth-order valence-corrected chi connectivity index (χ4v) is 3.25. The van der Waals surface area contributed by atoms with Crippen molar-refractivity contribution in [2.24, 2.45) is 0 Å². The Hall–Kier alpha value is -3.75. The van der Waals surface area contributed by atoms with E-state index in [4.69, 9.17) is 30.5 Å². The van der Waals surface area contributed by atoms with E-state index in [1.54, 1.807) is 66.7 Å². The number of aliphatic hydroxyl groups excluding tert-OH is 1. The molecule has 8 nitrogen and oxygen atoms in total. The Labute approximate surface area is 201 Å². The summed E-state index contributed by atoms with van der Waals surface area (Å²) in [7, 11) is 0. The lowest BCUT2D eigenvalue weighted by Gasteiger charge is -2.14. The molecule has 3 aromatic rings. The number of rotatable bonds is 10. The predicted molar refractivity (Wildman–Crippen MR) is 124 cm³/mol. The van der Waals surface area contributed by atoms with Gasteiger partial charge in [0, 0.05) is 28.8 Å². The third kappa shape index (κ3) is 6.18. The van der Waals surface area contributed by atoms with Crippen LogP contribution in [0.3, 0.4) is 0 Å². The van der Waals surface area contributed by atoms with E-state index in [0.29, 0.717) is 39.1 Å². The minimum Gasteiger partial charge on any atom is -0.491 e. The zero-order valence-corrected chi connectivity index (χ0v) is 18.8. The van der Waals surface area contributed by atoms with Gasteiger partial charge in [-0.25, -0.2) is 0 Å². The number of fused-ring (bicyclic) bond motifs is 1.